The van der Waals surface area contributed by atoms with Gasteiger partial charge in [-0.3, -0.25) is 4.99 Å². The van der Waals surface area contributed by atoms with Gasteiger partial charge in [0.25, 0.3) is 0 Å². The third kappa shape index (κ3) is 1.77. The van der Waals surface area contributed by atoms with Gasteiger partial charge in [0.15, 0.2) is 0 Å². The number of hydrogen-bond acceptors (Lipinski definition) is 2. The normalized spacial score (nSPS) is 13.5. The monoisotopic (exact) mass is 203 g/mol. The predicted octanol–water partition coefficient (Wildman–Crippen LogP) is 2.49. The smallest absolute Gasteiger partial charge is 0.335 e. The number of carbonyl (C=O) groups is 1. The summed E-state index contributed by atoms with van der Waals surface area (Å²) in [4.78, 5) is 15.2. The molecule has 1 aromatic rings. The summed E-state index contributed by atoms with van der Waals surface area (Å²) in [7, 11) is 0. The van der Waals surface area contributed by atoms with Crippen LogP contribution in [-0.4, -0.2) is 16.8 Å². The van der Waals surface area contributed by atoms with Crippen molar-refractivity contribution in [2.24, 2.45) is 4.99 Å². The van der Waals surface area contributed by atoms with Gasteiger partial charge in [-0.2, -0.15) is 0 Å². The minimum atomic E-state index is -0.874. The van der Waals surface area contributed by atoms with E-state index in [1.54, 1.807) is 12.1 Å². The Balaban J connectivity index is 2.38. The lowest BCUT2D eigenvalue weighted by atomic mass is 10.0. The van der Waals surface area contributed by atoms with Gasteiger partial charge in [0.1, 0.15) is 0 Å². The van der Waals surface area contributed by atoms with Crippen LogP contribution in [0.1, 0.15) is 41.3 Å². The maximum Gasteiger partial charge on any atom is 0.335 e. The summed E-state index contributed by atoms with van der Waals surface area (Å²) in [6.45, 7) is 2.80. The van der Waals surface area contributed by atoms with Crippen molar-refractivity contribution in [3.63, 3.8) is 0 Å². The Morgan fingerprint density at radius 2 is 2.33 bits per heavy atom. The molecule has 0 atom stereocenters. The van der Waals surface area contributed by atoms with E-state index >= 15 is 0 Å². The molecule has 0 amide bonds. The Hall–Kier alpha value is -1.64. The van der Waals surface area contributed by atoms with Crippen LogP contribution in [0.15, 0.2) is 23.2 Å². The van der Waals surface area contributed by atoms with Crippen molar-refractivity contribution in [2.45, 2.75) is 26.3 Å². The molecule has 0 spiro atoms. The molecule has 3 nitrogen and oxygen atoms in total. The lowest BCUT2D eigenvalue weighted by Crippen LogP contribution is -2.02. The van der Waals surface area contributed by atoms with Crippen LogP contribution in [-0.2, 0) is 6.54 Å². The maximum atomic E-state index is 10.8. The standard InChI is InChI=1S/C12H13NO2/c1-2-3-11-10-6-8(12(14)15)4-5-9(10)7-13-11/h4-6H,2-3,7H2,1H3,(H,14,15). The summed E-state index contributed by atoms with van der Waals surface area (Å²) >= 11 is 0. The summed E-state index contributed by atoms with van der Waals surface area (Å²) in [5.74, 6) is -0.874. The molecular formula is C12H13NO2. The molecule has 0 saturated heterocycles. The summed E-state index contributed by atoms with van der Waals surface area (Å²) in [5.41, 5.74) is 3.57. The summed E-state index contributed by atoms with van der Waals surface area (Å²) in [6, 6.07) is 5.25. The molecule has 0 saturated carbocycles. The summed E-state index contributed by atoms with van der Waals surface area (Å²) in [5, 5.41) is 8.89. The quantitative estimate of drug-likeness (QED) is 0.820. The van der Waals surface area contributed by atoms with E-state index in [0.717, 1.165) is 29.7 Å². The first-order valence-electron chi connectivity index (χ1n) is 5.12. The second kappa shape index (κ2) is 3.85. The van der Waals surface area contributed by atoms with Crippen molar-refractivity contribution in [1.82, 2.24) is 0 Å². The molecular weight excluding hydrogens is 190 g/mol. The topological polar surface area (TPSA) is 49.7 Å². The molecule has 1 aliphatic heterocycles. The molecule has 2 rings (SSSR count). The summed E-state index contributed by atoms with van der Waals surface area (Å²) in [6.07, 6.45) is 1.96. The largest absolute Gasteiger partial charge is 0.478 e. The molecule has 1 aromatic carbocycles. The fourth-order valence-corrected chi connectivity index (χ4v) is 1.83. The minimum Gasteiger partial charge on any atom is -0.478 e. The average Bonchev–Trinajstić information content (AvgIpc) is 2.61. The molecule has 1 N–H and O–H groups in total. The lowest BCUT2D eigenvalue weighted by Gasteiger charge is -2.03. The Kier molecular flexibility index (Phi) is 2.54. The van der Waals surface area contributed by atoms with Gasteiger partial charge in [-0.05, 0) is 24.1 Å². The number of aromatic carboxylic acids is 1. The Morgan fingerprint density at radius 1 is 1.53 bits per heavy atom. The Labute approximate surface area is 88.5 Å². The van der Waals surface area contributed by atoms with Gasteiger partial charge in [-0.1, -0.05) is 19.4 Å². The van der Waals surface area contributed by atoms with E-state index in [2.05, 4.69) is 11.9 Å². The minimum absolute atomic E-state index is 0.347. The van der Waals surface area contributed by atoms with Crippen molar-refractivity contribution in [3.05, 3.63) is 34.9 Å². The number of fused-ring (bicyclic) bond motifs is 1. The molecule has 3 heteroatoms. The first kappa shape index (κ1) is 9.90. The second-order valence-electron chi connectivity index (χ2n) is 3.69. The molecule has 1 aliphatic rings. The Bertz CT molecular complexity index is 435. The van der Waals surface area contributed by atoms with E-state index < -0.39 is 5.97 Å². The molecule has 0 unspecified atom stereocenters. The molecule has 1 heterocycles. The van der Waals surface area contributed by atoms with Gasteiger partial charge < -0.3 is 5.11 Å². The number of nitrogens with zero attached hydrogens (tertiary/aromatic N) is 1. The van der Waals surface area contributed by atoms with Crippen LogP contribution in [0.25, 0.3) is 0 Å². The molecule has 0 fully saturated rings. The number of carboxylic acid groups (broad SMARTS) is 1. The van der Waals surface area contributed by atoms with Crippen LogP contribution < -0.4 is 0 Å². The zero-order chi connectivity index (χ0) is 10.8. The third-order valence-corrected chi connectivity index (χ3v) is 2.59. The molecule has 0 aromatic heterocycles. The number of aliphatic imine (C=N–C) groups is 1. The molecule has 0 radical (unpaired) electrons. The number of benzene rings is 1. The highest BCUT2D eigenvalue weighted by molar-refractivity contribution is 6.05. The predicted molar refractivity (Wildman–Crippen MR) is 58.6 cm³/mol. The zero-order valence-electron chi connectivity index (χ0n) is 8.66. The van der Waals surface area contributed by atoms with Crippen LogP contribution in [0.3, 0.4) is 0 Å². The van der Waals surface area contributed by atoms with Gasteiger partial charge in [0, 0.05) is 11.3 Å². The molecule has 0 bridgehead atoms. The molecule has 78 valence electrons. The fourth-order valence-electron chi connectivity index (χ4n) is 1.83. The molecule has 0 aliphatic carbocycles. The second-order valence-corrected chi connectivity index (χ2v) is 3.69. The van der Waals surface area contributed by atoms with Crippen LogP contribution in [0.2, 0.25) is 0 Å². The highest BCUT2D eigenvalue weighted by Gasteiger charge is 2.16. The molecule has 15 heavy (non-hydrogen) atoms. The highest BCUT2D eigenvalue weighted by atomic mass is 16.4. The van der Waals surface area contributed by atoms with E-state index in [1.165, 1.54) is 0 Å². The van der Waals surface area contributed by atoms with E-state index in [4.69, 9.17) is 5.11 Å². The number of hydrogen-bond donors (Lipinski definition) is 1. The summed E-state index contributed by atoms with van der Waals surface area (Å²) < 4.78 is 0. The van der Waals surface area contributed by atoms with Gasteiger partial charge >= 0.3 is 5.97 Å². The van der Waals surface area contributed by atoms with E-state index in [9.17, 15) is 4.79 Å². The number of carboxylic acids is 1. The van der Waals surface area contributed by atoms with Crippen LogP contribution in [0, 0.1) is 0 Å². The van der Waals surface area contributed by atoms with Crippen molar-refractivity contribution in [2.75, 3.05) is 0 Å². The van der Waals surface area contributed by atoms with Gasteiger partial charge in [-0.25, -0.2) is 4.79 Å². The van der Waals surface area contributed by atoms with Gasteiger partial charge in [0.2, 0.25) is 0 Å². The first-order valence-corrected chi connectivity index (χ1v) is 5.12. The van der Waals surface area contributed by atoms with Crippen LogP contribution in [0.5, 0.6) is 0 Å². The number of rotatable bonds is 3. The lowest BCUT2D eigenvalue weighted by molar-refractivity contribution is 0.0697. The zero-order valence-corrected chi connectivity index (χ0v) is 8.66. The first-order chi connectivity index (χ1) is 7.22. The van der Waals surface area contributed by atoms with Crippen LogP contribution >= 0.6 is 0 Å². The highest BCUT2D eigenvalue weighted by Crippen LogP contribution is 2.22. The van der Waals surface area contributed by atoms with Crippen LogP contribution in [0.4, 0.5) is 0 Å². The van der Waals surface area contributed by atoms with E-state index in [1.807, 2.05) is 6.07 Å². The van der Waals surface area contributed by atoms with Crippen molar-refractivity contribution >= 4 is 11.7 Å². The van der Waals surface area contributed by atoms with Crippen molar-refractivity contribution in [1.29, 1.82) is 0 Å². The SMILES string of the molecule is CCCC1=NCc2ccc(C(=O)O)cc21. The Morgan fingerprint density at radius 3 is 3.00 bits per heavy atom. The average molecular weight is 203 g/mol. The third-order valence-electron chi connectivity index (χ3n) is 2.59. The van der Waals surface area contributed by atoms with E-state index in [0.29, 0.717) is 12.1 Å². The van der Waals surface area contributed by atoms with E-state index in [-0.39, 0.29) is 0 Å². The van der Waals surface area contributed by atoms with Crippen molar-refractivity contribution in [3.8, 4) is 0 Å². The maximum absolute atomic E-state index is 10.8. The van der Waals surface area contributed by atoms with Gasteiger partial charge in [-0.15, -0.1) is 0 Å². The van der Waals surface area contributed by atoms with Crippen molar-refractivity contribution < 1.29 is 9.90 Å². The van der Waals surface area contributed by atoms with Gasteiger partial charge in [0.05, 0.1) is 12.1 Å². The fraction of sp³-hybridized carbons (Fsp3) is 0.333.